The van der Waals surface area contributed by atoms with Crippen LogP contribution < -0.4 is 21.9 Å². The minimum atomic E-state index is -0.254. The van der Waals surface area contributed by atoms with Crippen LogP contribution in [0, 0.1) is 6.92 Å². The number of carbonyl (C=O) groups is 1. The van der Waals surface area contributed by atoms with E-state index in [9.17, 15) is 4.79 Å². The Hall–Kier alpha value is -2.83. The summed E-state index contributed by atoms with van der Waals surface area (Å²) in [6, 6.07) is 7.31. The third kappa shape index (κ3) is 3.38. The van der Waals surface area contributed by atoms with Gasteiger partial charge in [-0.15, -0.1) is 0 Å². The number of aryl methyl sites for hydroxylation is 1. The Labute approximate surface area is 123 Å². The molecule has 0 bridgehead atoms. The molecular formula is C14H18N6O. The molecule has 0 spiro atoms. The van der Waals surface area contributed by atoms with E-state index in [-0.39, 0.29) is 5.91 Å². The average molecular weight is 286 g/mol. The molecule has 1 aromatic heterocycles. The molecule has 0 radical (unpaired) electrons. The van der Waals surface area contributed by atoms with Crippen LogP contribution in [-0.4, -0.2) is 22.4 Å². The second-order valence-corrected chi connectivity index (χ2v) is 4.41. The highest BCUT2D eigenvalue weighted by Gasteiger charge is 2.10. The second kappa shape index (κ2) is 6.56. The molecule has 0 saturated carbocycles. The van der Waals surface area contributed by atoms with Crippen LogP contribution in [0.25, 0.3) is 0 Å². The lowest BCUT2D eigenvalue weighted by Gasteiger charge is -2.13. The number of hydrazine groups is 1. The molecule has 110 valence electrons. The fourth-order valence-electron chi connectivity index (χ4n) is 1.81. The number of nitrogens with zero attached hydrogens (tertiary/aromatic N) is 2. The van der Waals surface area contributed by atoms with Gasteiger partial charge in [0.1, 0.15) is 12.0 Å². The van der Waals surface area contributed by atoms with E-state index >= 15 is 0 Å². The summed E-state index contributed by atoms with van der Waals surface area (Å²) in [4.78, 5) is 20.1. The number of carbonyl (C=O) groups excluding carboxylic acids is 1. The summed E-state index contributed by atoms with van der Waals surface area (Å²) in [6.45, 7) is 4.50. The van der Waals surface area contributed by atoms with Gasteiger partial charge in [-0.2, -0.15) is 0 Å². The summed E-state index contributed by atoms with van der Waals surface area (Å²) in [6.07, 6.45) is 1.37. The van der Waals surface area contributed by atoms with Crippen LogP contribution in [0.1, 0.15) is 22.8 Å². The smallest absolute Gasteiger partial charge is 0.269 e. The second-order valence-electron chi connectivity index (χ2n) is 4.41. The predicted octanol–water partition coefficient (Wildman–Crippen LogP) is 1.56. The molecule has 1 aromatic carbocycles. The maximum atomic E-state index is 12.1. The minimum Gasteiger partial charge on any atom is -0.393 e. The van der Waals surface area contributed by atoms with Crippen molar-refractivity contribution in [2.45, 2.75) is 13.8 Å². The van der Waals surface area contributed by atoms with E-state index in [2.05, 4.69) is 26.1 Å². The molecule has 0 aliphatic heterocycles. The number of hydrogen-bond acceptors (Lipinski definition) is 6. The van der Waals surface area contributed by atoms with Crippen molar-refractivity contribution in [2.24, 2.45) is 0 Å². The number of nitrogens with two attached hydrogens (primary N) is 1. The first kappa shape index (κ1) is 14.6. The van der Waals surface area contributed by atoms with Crippen LogP contribution in [0.3, 0.4) is 0 Å². The molecule has 1 heterocycles. The van der Waals surface area contributed by atoms with E-state index in [1.807, 2.05) is 32.0 Å². The summed E-state index contributed by atoms with van der Waals surface area (Å²) in [7, 11) is 0. The first-order valence-corrected chi connectivity index (χ1v) is 6.59. The highest BCUT2D eigenvalue weighted by Crippen LogP contribution is 2.21. The summed E-state index contributed by atoms with van der Waals surface area (Å²) in [5, 5.41) is 3.02. The van der Waals surface area contributed by atoms with E-state index in [0.717, 1.165) is 5.56 Å². The molecule has 0 atom stereocenters. The molecular weight excluding hydrogens is 268 g/mol. The van der Waals surface area contributed by atoms with E-state index < -0.39 is 0 Å². The molecule has 21 heavy (non-hydrogen) atoms. The monoisotopic (exact) mass is 286 g/mol. The zero-order valence-electron chi connectivity index (χ0n) is 12.0. The summed E-state index contributed by atoms with van der Waals surface area (Å²) in [5.41, 5.74) is 13.1. The quantitative estimate of drug-likeness (QED) is 0.622. The topological polar surface area (TPSA) is 105 Å². The molecule has 0 unspecified atom stereocenters. The Morgan fingerprint density at radius 2 is 1.95 bits per heavy atom. The Morgan fingerprint density at radius 1 is 1.24 bits per heavy atom. The number of benzene rings is 1. The maximum absolute atomic E-state index is 12.1. The molecule has 7 nitrogen and oxygen atoms in total. The standard InChI is InChI=1S/C14H18N6O/c1-3-16-12-11(15)13(18-8-17-12)19-20-14(21)10-7-5-4-6-9(10)2/h4-8H,3,15H2,1-2H3,(H,20,21)(H2,16,17,18,19). The molecule has 0 saturated heterocycles. The number of rotatable bonds is 5. The Kier molecular flexibility index (Phi) is 4.55. The van der Waals surface area contributed by atoms with Crippen molar-refractivity contribution in [3.05, 3.63) is 41.7 Å². The van der Waals surface area contributed by atoms with Gasteiger partial charge in [0.15, 0.2) is 11.6 Å². The fraction of sp³-hybridized carbons (Fsp3) is 0.214. The van der Waals surface area contributed by atoms with E-state index in [0.29, 0.717) is 29.4 Å². The number of nitrogen functional groups attached to an aromatic ring is 1. The van der Waals surface area contributed by atoms with E-state index in [1.54, 1.807) is 6.07 Å². The van der Waals surface area contributed by atoms with E-state index in [4.69, 9.17) is 5.73 Å². The van der Waals surface area contributed by atoms with Crippen LogP contribution in [0.15, 0.2) is 30.6 Å². The molecule has 2 aromatic rings. The number of anilines is 3. The van der Waals surface area contributed by atoms with Crippen LogP contribution >= 0.6 is 0 Å². The fourth-order valence-corrected chi connectivity index (χ4v) is 1.81. The highest BCUT2D eigenvalue weighted by molar-refractivity contribution is 5.96. The molecule has 2 rings (SSSR count). The van der Waals surface area contributed by atoms with Gasteiger partial charge in [-0.1, -0.05) is 18.2 Å². The van der Waals surface area contributed by atoms with Crippen molar-refractivity contribution >= 4 is 23.2 Å². The predicted molar refractivity (Wildman–Crippen MR) is 82.9 cm³/mol. The van der Waals surface area contributed by atoms with Gasteiger partial charge < -0.3 is 11.1 Å². The van der Waals surface area contributed by atoms with Gasteiger partial charge in [-0.25, -0.2) is 9.97 Å². The highest BCUT2D eigenvalue weighted by atomic mass is 16.2. The molecule has 0 aliphatic carbocycles. The van der Waals surface area contributed by atoms with Gasteiger partial charge >= 0.3 is 0 Å². The number of amides is 1. The average Bonchev–Trinajstić information content (AvgIpc) is 2.48. The third-order valence-corrected chi connectivity index (χ3v) is 2.91. The van der Waals surface area contributed by atoms with Crippen LogP contribution in [0.2, 0.25) is 0 Å². The molecule has 5 N–H and O–H groups in total. The van der Waals surface area contributed by atoms with E-state index in [1.165, 1.54) is 6.33 Å². The van der Waals surface area contributed by atoms with Crippen molar-refractivity contribution in [3.63, 3.8) is 0 Å². The van der Waals surface area contributed by atoms with Gasteiger partial charge in [-0.3, -0.25) is 15.6 Å². The molecule has 0 aliphatic rings. The summed E-state index contributed by atoms with van der Waals surface area (Å²) < 4.78 is 0. The first-order valence-electron chi connectivity index (χ1n) is 6.59. The Morgan fingerprint density at radius 3 is 2.67 bits per heavy atom. The van der Waals surface area contributed by atoms with Gasteiger partial charge in [0.25, 0.3) is 5.91 Å². The van der Waals surface area contributed by atoms with Gasteiger partial charge in [0.05, 0.1) is 0 Å². The number of nitrogens with one attached hydrogen (secondary N) is 3. The van der Waals surface area contributed by atoms with Crippen molar-refractivity contribution in [3.8, 4) is 0 Å². The van der Waals surface area contributed by atoms with Crippen molar-refractivity contribution in [1.29, 1.82) is 0 Å². The Balaban J connectivity index is 2.08. The lowest BCUT2D eigenvalue weighted by molar-refractivity contribution is 0.0962. The zero-order chi connectivity index (χ0) is 15.2. The maximum Gasteiger partial charge on any atom is 0.269 e. The molecule has 7 heteroatoms. The number of aromatic nitrogens is 2. The number of hydrogen-bond donors (Lipinski definition) is 4. The van der Waals surface area contributed by atoms with Crippen molar-refractivity contribution in [2.75, 3.05) is 23.0 Å². The largest absolute Gasteiger partial charge is 0.393 e. The lowest BCUT2D eigenvalue weighted by atomic mass is 10.1. The van der Waals surface area contributed by atoms with Gasteiger partial charge in [0, 0.05) is 12.1 Å². The van der Waals surface area contributed by atoms with Crippen LogP contribution in [0.5, 0.6) is 0 Å². The SMILES string of the molecule is CCNc1ncnc(NNC(=O)c2ccccc2C)c1N. The van der Waals surface area contributed by atoms with Crippen molar-refractivity contribution < 1.29 is 4.79 Å². The van der Waals surface area contributed by atoms with Crippen LogP contribution in [0.4, 0.5) is 17.3 Å². The van der Waals surface area contributed by atoms with Gasteiger partial charge in [-0.05, 0) is 25.5 Å². The van der Waals surface area contributed by atoms with Crippen molar-refractivity contribution in [1.82, 2.24) is 15.4 Å². The molecule has 0 fully saturated rings. The summed E-state index contributed by atoms with van der Waals surface area (Å²) in [5.74, 6) is 0.624. The minimum absolute atomic E-state index is 0.254. The normalized spacial score (nSPS) is 10.0. The zero-order valence-corrected chi connectivity index (χ0v) is 12.0. The van der Waals surface area contributed by atoms with Crippen LogP contribution in [-0.2, 0) is 0 Å². The van der Waals surface area contributed by atoms with Gasteiger partial charge in [0.2, 0.25) is 0 Å². The Bertz CT molecular complexity index is 643. The first-order chi connectivity index (χ1) is 10.1. The lowest BCUT2D eigenvalue weighted by Crippen LogP contribution is -2.31. The third-order valence-electron chi connectivity index (χ3n) is 2.91. The summed E-state index contributed by atoms with van der Waals surface area (Å²) >= 11 is 0. The molecule has 1 amide bonds.